The molecule has 2 rings (SSSR count). The number of carbonyl (C=O) groups excluding carboxylic acids is 3. The third-order valence-electron chi connectivity index (χ3n) is 2.16. The van der Waals surface area contributed by atoms with Gasteiger partial charge in [-0.15, -0.1) is 11.6 Å². The molecular formula is C10H6ClNO3. The molecular weight excluding hydrogens is 218 g/mol. The minimum Gasteiger partial charge on any atom is -0.273 e. The van der Waals surface area contributed by atoms with Crippen LogP contribution in [0.25, 0.3) is 0 Å². The van der Waals surface area contributed by atoms with E-state index in [4.69, 9.17) is 11.6 Å². The molecule has 0 N–H and O–H groups in total. The normalized spacial score (nSPS) is 14.3. The van der Waals surface area contributed by atoms with Gasteiger partial charge < -0.3 is 0 Å². The third kappa shape index (κ3) is 1.34. The maximum absolute atomic E-state index is 11.6. The van der Waals surface area contributed by atoms with E-state index >= 15 is 0 Å². The summed E-state index contributed by atoms with van der Waals surface area (Å²) in [7, 11) is 0. The van der Waals surface area contributed by atoms with Crippen molar-refractivity contribution < 1.29 is 14.4 Å². The van der Waals surface area contributed by atoms with Crippen LogP contribution >= 0.6 is 11.6 Å². The molecule has 76 valence electrons. The van der Waals surface area contributed by atoms with E-state index in [9.17, 15) is 14.4 Å². The molecule has 0 bridgehead atoms. The van der Waals surface area contributed by atoms with Gasteiger partial charge in [0.1, 0.15) is 5.88 Å². The Morgan fingerprint density at radius 2 is 1.60 bits per heavy atom. The minimum absolute atomic E-state index is 0.251. The highest BCUT2D eigenvalue weighted by molar-refractivity contribution is 6.35. The van der Waals surface area contributed by atoms with E-state index in [1.54, 1.807) is 12.1 Å². The first-order chi connectivity index (χ1) is 7.16. The first-order valence-corrected chi connectivity index (χ1v) is 4.77. The van der Waals surface area contributed by atoms with Gasteiger partial charge in [0.15, 0.2) is 0 Å². The topological polar surface area (TPSA) is 54.5 Å². The van der Waals surface area contributed by atoms with Crippen molar-refractivity contribution in [1.29, 1.82) is 0 Å². The maximum atomic E-state index is 11.6. The molecule has 1 aromatic rings. The zero-order chi connectivity index (χ0) is 11.0. The third-order valence-corrected chi connectivity index (χ3v) is 2.39. The van der Waals surface area contributed by atoms with Gasteiger partial charge in [0.2, 0.25) is 0 Å². The van der Waals surface area contributed by atoms with Gasteiger partial charge in [-0.1, -0.05) is 12.1 Å². The fraction of sp³-hybridized carbons (Fsp3) is 0.100. The summed E-state index contributed by atoms with van der Waals surface area (Å²) in [6, 6.07) is 6.30. The molecule has 0 unspecified atom stereocenters. The predicted molar refractivity (Wildman–Crippen MR) is 52.7 cm³/mol. The van der Waals surface area contributed by atoms with Crippen molar-refractivity contribution in [3.05, 3.63) is 35.4 Å². The molecule has 3 amide bonds. The molecule has 1 heterocycles. The van der Waals surface area contributed by atoms with Gasteiger partial charge in [0.05, 0.1) is 11.1 Å². The van der Waals surface area contributed by atoms with Gasteiger partial charge in [-0.05, 0) is 12.1 Å². The summed E-state index contributed by atoms with van der Waals surface area (Å²) >= 11 is 5.31. The van der Waals surface area contributed by atoms with E-state index in [1.165, 1.54) is 12.1 Å². The molecule has 0 spiro atoms. The van der Waals surface area contributed by atoms with Gasteiger partial charge in [-0.3, -0.25) is 14.4 Å². The minimum atomic E-state index is -0.692. The van der Waals surface area contributed by atoms with E-state index < -0.39 is 17.7 Å². The molecule has 0 saturated heterocycles. The van der Waals surface area contributed by atoms with Crippen LogP contribution in [0.2, 0.25) is 0 Å². The molecule has 1 aliphatic rings. The Morgan fingerprint density at radius 3 is 2.00 bits per heavy atom. The van der Waals surface area contributed by atoms with E-state index in [0.717, 1.165) is 0 Å². The fourth-order valence-electron chi connectivity index (χ4n) is 1.48. The van der Waals surface area contributed by atoms with Gasteiger partial charge in [0.25, 0.3) is 17.7 Å². The number of hydrogen-bond acceptors (Lipinski definition) is 3. The summed E-state index contributed by atoms with van der Waals surface area (Å²) in [6.45, 7) is 0. The van der Waals surface area contributed by atoms with E-state index in [2.05, 4.69) is 0 Å². The Kier molecular flexibility index (Phi) is 2.28. The van der Waals surface area contributed by atoms with Crippen molar-refractivity contribution in [2.24, 2.45) is 0 Å². The molecule has 5 heteroatoms. The van der Waals surface area contributed by atoms with Crippen LogP contribution in [0.4, 0.5) is 0 Å². The summed E-state index contributed by atoms with van der Waals surface area (Å²) in [5.41, 5.74) is 0.502. The lowest BCUT2D eigenvalue weighted by Gasteiger charge is -2.08. The SMILES string of the molecule is O=C(CCl)N1C(=O)c2ccccc2C1=O. The first kappa shape index (κ1) is 9.86. The Morgan fingerprint density at radius 1 is 1.13 bits per heavy atom. The zero-order valence-electron chi connectivity index (χ0n) is 7.57. The smallest absolute Gasteiger partial charge is 0.268 e. The van der Waals surface area contributed by atoms with E-state index in [0.29, 0.717) is 4.90 Å². The molecule has 15 heavy (non-hydrogen) atoms. The highest BCUT2D eigenvalue weighted by atomic mass is 35.5. The summed E-state index contributed by atoms with van der Waals surface area (Å²) in [5, 5.41) is 0. The number of halogens is 1. The monoisotopic (exact) mass is 223 g/mol. The van der Waals surface area contributed by atoms with Gasteiger partial charge in [0, 0.05) is 0 Å². The molecule has 0 fully saturated rings. The second kappa shape index (κ2) is 3.47. The van der Waals surface area contributed by atoms with Crippen LogP contribution < -0.4 is 0 Å². The number of rotatable bonds is 1. The van der Waals surface area contributed by atoms with Crippen LogP contribution in [-0.4, -0.2) is 28.5 Å². The number of alkyl halides is 1. The maximum Gasteiger partial charge on any atom is 0.268 e. The van der Waals surface area contributed by atoms with Gasteiger partial charge >= 0.3 is 0 Å². The molecule has 0 saturated carbocycles. The second-order valence-electron chi connectivity index (χ2n) is 3.02. The van der Waals surface area contributed by atoms with Crippen molar-refractivity contribution in [1.82, 2.24) is 4.90 Å². The molecule has 0 atom stereocenters. The highest BCUT2D eigenvalue weighted by Gasteiger charge is 2.38. The quantitative estimate of drug-likeness (QED) is 0.528. The zero-order valence-corrected chi connectivity index (χ0v) is 8.32. The van der Waals surface area contributed by atoms with Crippen molar-refractivity contribution in [3.63, 3.8) is 0 Å². The number of amides is 3. The molecule has 0 radical (unpaired) electrons. The number of carbonyl (C=O) groups is 3. The standard InChI is InChI=1S/C10H6ClNO3/c11-5-8(13)12-9(14)6-3-1-2-4-7(6)10(12)15/h1-4H,5H2. The van der Waals surface area contributed by atoms with Crippen molar-refractivity contribution in [2.45, 2.75) is 0 Å². The van der Waals surface area contributed by atoms with E-state index in [-0.39, 0.29) is 17.0 Å². The van der Waals surface area contributed by atoms with Crippen LogP contribution in [0.5, 0.6) is 0 Å². The molecule has 0 aromatic heterocycles. The lowest BCUT2D eigenvalue weighted by Crippen LogP contribution is -2.36. The lowest BCUT2D eigenvalue weighted by molar-refractivity contribution is -0.123. The van der Waals surface area contributed by atoms with Crippen molar-refractivity contribution in [2.75, 3.05) is 5.88 Å². The van der Waals surface area contributed by atoms with Crippen LogP contribution in [0, 0.1) is 0 Å². The van der Waals surface area contributed by atoms with Crippen molar-refractivity contribution in [3.8, 4) is 0 Å². The molecule has 1 aliphatic heterocycles. The number of fused-ring (bicyclic) bond motifs is 1. The summed E-state index contributed by atoms with van der Waals surface area (Å²) in [6.07, 6.45) is 0. The van der Waals surface area contributed by atoms with Crippen LogP contribution in [0.15, 0.2) is 24.3 Å². The van der Waals surface area contributed by atoms with Crippen molar-refractivity contribution >= 4 is 29.3 Å². The molecule has 0 aliphatic carbocycles. The Hall–Kier alpha value is -1.68. The fourth-order valence-corrected chi connectivity index (χ4v) is 1.60. The predicted octanol–water partition coefficient (Wildman–Crippen LogP) is 1.05. The summed E-state index contributed by atoms with van der Waals surface area (Å²) < 4.78 is 0. The largest absolute Gasteiger partial charge is 0.273 e. The Balaban J connectivity index is 2.50. The molecule has 1 aromatic carbocycles. The summed E-state index contributed by atoms with van der Waals surface area (Å²) in [5.74, 6) is -2.27. The lowest BCUT2D eigenvalue weighted by atomic mass is 10.1. The number of nitrogens with zero attached hydrogens (tertiary/aromatic N) is 1. The number of benzene rings is 1. The highest BCUT2D eigenvalue weighted by Crippen LogP contribution is 2.22. The van der Waals surface area contributed by atoms with Crippen LogP contribution in [0.3, 0.4) is 0 Å². The first-order valence-electron chi connectivity index (χ1n) is 4.23. The number of hydrogen-bond donors (Lipinski definition) is 0. The van der Waals surface area contributed by atoms with Crippen LogP contribution in [-0.2, 0) is 4.79 Å². The summed E-state index contributed by atoms with van der Waals surface area (Å²) in [4.78, 5) is 35.1. The number of imide groups is 3. The second-order valence-corrected chi connectivity index (χ2v) is 3.29. The van der Waals surface area contributed by atoms with E-state index in [1.807, 2.05) is 0 Å². The Labute approximate surface area is 90.4 Å². The molecule has 4 nitrogen and oxygen atoms in total. The Bertz CT molecular complexity index is 434. The average molecular weight is 224 g/mol. The van der Waals surface area contributed by atoms with Gasteiger partial charge in [-0.25, -0.2) is 4.90 Å². The van der Waals surface area contributed by atoms with Gasteiger partial charge in [-0.2, -0.15) is 0 Å². The van der Waals surface area contributed by atoms with Crippen LogP contribution in [0.1, 0.15) is 20.7 Å². The average Bonchev–Trinajstić information content (AvgIpc) is 2.52.